The highest BCUT2D eigenvalue weighted by Crippen LogP contribution is 2.55. The molecule has 2 aromatic rings. The molecule has 6 nitrogen and oxygen atoms in total. The number of ether oxygens (including phenoxy) is 3. The summed E-state index contributed by atoms with van der Waals surface area (Å²) in [5.74, 6) is 0.125. The van der Waals surface area contributed by atoms with Crippen molar-refractivity contribution in [2.24, 2.45) is 10.8 Å². The van der Waals surface area contributed by atoms with Crippen LogP contribution in [0.25, 0.3) is 0 Å². The molecule has 1 aliphatic heterocycles. The van der Waals surface area contributed by atoms with Crippen molar-refractivity contribution < 1.29 is 28.2 Å². The summed E-state index contributed by atoms with van der Waals surface area (Å²) in [5, 5.41) is 0. The van der Waals surface area contributed by atoms with Crippen LogP contribution >= 0.6 is 15.9 Å². The Labute approximate surface area is 256 Å². The van der Waals surface area contributed by atoms with E-state index in [1.54, 1.807) is 32.4 Å². The van der Waals surface area contributed by atoms with E-state index in [1.807, 2.05) is 12.1 Å². The van der Waals surface area contributed by atoms with Gasteiger partial charge in [-0.05, 0) is 63.4 Å². The van der Waals surface area contributed by atoms with Crippen molar-refractivity contribution in [3.8, 4) is 11.5 Å². The molecule has 0 N–H and O–H groups in total. The Balaban J connectivity index is 1.66. The third-order valence-electron chi connectivity index (χ3n) is 8.46. The first-order chi connectivity index (χ1) is 19.9. The molecule has 3 aliphatic rings. The molecule has 0 atom stereocenters. The number of ketones is 2. The van der Waals surface area contributed by atoms with E-state index in [9.17, 15) is 14.0 Å². The summed E-state index contributed by atoms with van der Waals surface area (Å²) in [7, 11) is 3.22. The number of rotatable bonds is 8. The van der Waals surface area contributed by atoms with Gasteiger partial charge in [-0.3, -0.25) is 9.59 Å². The van der Waals surface area contributed by atoms with Crippen LogP contribution in [0.15, 0.2) is 63.4 Å². The summed E-state index contributed by atoms with van der Waals surface area (Å²) in [5.41, 5.74) is 4.13. The quantitative estimate of drug-likeness (QED) is 0.298. The van der Waals surface area contributed by atoms with E-state index in [0.717, 1.165) is 29.8 Å². The van der Waals surface area contributed by atoms with Gasteiger partial charge in [-0.15, -0.1) is 0 Å². The van der Waals surface area contributed by atoms with Crippen LogP contribution in [0.2, 0.25) is 0 Å². The number of nitrogens with zero attached hydrogens (tertiary/aromatic N) is 1. The van der Waals surface area contributed by atoms with Gasteiger partial charge in [-0.2, -0.15) is 0 Å². The molecule has 0 saturated heterocycles. The molecule has 42 heavy (non-hydrogen) atoms. The predicted octanol–water partition coefficient (Wildman–Crippen LogP) is 7.51. The van der Waals surface area contributed by atoms with Gasteiger partial charge in [0.05, 0.1) is 18.2 Å². The van der Waals surface area contributed by atoms with Gasteiger partial charge in [0, 0.05) is 60.5 Å². The van der Waals surface area contributed by atoms with Crippen LogP contribution in [0, 0.1) is 16.6 Å². The fourth-order valence-corrected chi connectivity index (χ4v) is 7.22. The maximum absolute atomic E-state index is 14.3. The maximum Gasteiger partial charge on any atom is 0.175 e. The Hall–Kier alpha value is -2.97. The minimum absolute atomic E-state index is 0.0185. The molecule has 8 heteroatoms. The van der Waals surface area contributed by atoms with Gasteiger partial charge in [-0.1, -0.05) is 45.9 Å². The molecule has 2 aliphatic carbocycles. The van der Waals surface area contributed by atoms with Crippen molar-refractivity contribution in [2.45, 2.75) is 65.9 Å². The number of Topliss-reactive ketones (excluding diaryl/α,β-unsaturated/α-hetero) is 2. The molecule has 224 valence electrons. The SMILES string of the molecule is COCCN1C2=C(C(=O)CC(C)(C)C2)C(c2cc(Br)c(OCc3ccccc3F)c(OC)c2)C2=C1CC(C)(C)CC2=O. The Morgan fingerprint density at radius 3 is 2.07 bits per heavy atom. The minimum Gasteiger partial charge on any atom is -0.493 e. The maximum atomic E-state index is 14.3. The topological polar surface area (TPSA) is 65.1 Å². The molecular formula is C34H39BrFNO5. The first-order valence-electron chi connectivity index (χ1n) is 14.4. The van der Waals surface area contributed by atoms with Crippen LogP contribution in [-0.4, -0.2) is 43.8 Å². The third kappa shape index (κ3) is 5.80. The van der Waals surface area contributed by atoms with Crippen molar-refractivity contribution in [1.82, 2.24) is 4.90 Å². The molecule has 5 rings (SSSR count). The molecule has 0 unspecified atom stereocenters. The third-order valence-corrected chi connectivity index (χ3v) is 9.04. The van der Waals surface area contributed by atoms with Crippen LogP contribution in [0.4, 0.5) is 4.39 Å². The predicted molar refractivity (Wildman–Crippen MR) is 163 cm³/mol. The van der Waals surface area contributed by atoms with E-state index in [2.05, 4.69) is 48.5 Å². The Bertz CT molecular complexity index is 1440. The molecule has 0 radical (unpaired) electrons. The monoisotopic (exact) mass is 639 g/mol. The van der Waals surface area contributed by atoms with Crippen molar-refractivity contribution in [3.05, 3.63) is 80.4 Å². The van der Waals surface area contributed by atoms with Crippen LogP contribution < -0.4 is 9.47 Å². The molecule has 0 fully saturated rings. The number of hydrogen-bond donors (Lipinski definition) is 0. The lowest BCUT2D eigenvalue weighted by atomic mass is 9.63. The Morgan fingerprint density at radius 2 is 1.52 bits per heavy atom. The van der Waals surface area contributed by atoms with Gasteiger partial charge in [0.15, 0.2) is 23.1 Å². The van der Waals surface area contributed by atoms with E-state index in [0.29, 0.717) is 58.7 Å². The van der Waals surface area contributed by atoms with Gasteiger partial charge < -0.3 is 19.1 Å². The number of methoxy groups -OCH3 is 2. The number of halogens is 2. The van der Waals surface area contributed by atoms with E-state index in [1.165, 1.54) is 6.07 Å². The summed E-state index contributed by atoms with van der Waals surface area (Å²) in [4.78, 5) is 30.2. The van der Waals surface area contributed by atoms with Crippen LogP contribution in [0.5, 0.6) is 11.5 Å². The number of allylic oxidation sites excluding steroid dienone is 4. The van der Waals surface area contributed by atoms with Crippen molar-refractivity contribution in [3.63, 3.8) is 0 Å². The first kappa shape index (κ1) is 30.5. The number of benzene rings is 2. The minimum atomic E-state index is -0.521. The van der Waals surface area contributed by atoms with E-state index < -0.39 is 5.92 Å². The van der Waals surface area contributed by atoms with Crippen LogP contribution in [0.1, 0.15) is 70.4 Å². The molecule has 0 amide bonds. The summed E-state index contributed by atoms with van der Waals surface area (Å²) in [6.07, 6.45) is 2.26. The normalized spacial score (nSPS) is 20.0. The molecule has 0 spiro atoms. The second-order valence-electron chi connectivity index (χ2n) is 13.1. The van der Waals surface area contributed by atoms with Gasteiger partial charge in [-0.25, -0.2) is 4.39 Å². The van der Waals surface area contributed by atoms with E-state index in [4.69, 9.17) is 14.2 Å². The van der Waals surface area contributed by atoms with Crippen molar-refractivity contribution >= 4 is 27.5 Å². The Kier molecular flexibility index (Phi) is 8.42. The van der Waals surface area contributed by atoms with Gasteiger partial charge in [0.1, 0.15) is 12.4 Å². The summed E-state index contributed by atoms with van der Waals surface area (Å²) < 4.78 is 32.2. The highest BCUT2D eigenvalue weighted by molar-refractivity contribution is 9.10. The fraction of sp³-hybridized carbons (Fsp3) is 0.471. The van der Waals surface area contributed by atoms with Crippen molar-refractivity contribution in [2.75, 3.05) is 27.4 Å². The smallest absolute Gasteiger partial charge is 0.175 e. The molecule has 1 heterocycles. The Morgan fingerprint density at radius 1 is 0.929 bits per heavy atom. The number of carbonyl (C=O) groups is 2. The molecule has 0 saturated carbocycles. The molecule has 0 bridgehead atoms. The lowest BCUT2D eigenvalue weighted by molar-refractivity contribution is -0.119. The lowest BCUT2D eigenvalue weighted by Gasteiger charge is -2.49. The summed E-state index contributed by atoms with van der Waals surface area (Å²) >= 11 is 3.66. The standard InChI is InChI=1S/C34H39BrFNO5/c1-33(2)15-24-30(26(38)17-33)29(31-25(37(24)11-12-40-5)16-34(3,4)18-27(31)39)21-13-22(35)32(28(14-21)41-6)42-19-20-9-7-8-10-23(20)36/h7-10,13-14,29H,11-12,15-19H2,1-6H3. The highest BCUT2D eigenvalue weighted by Gasteiger charge is 2.49. The van der Waals surface area contributed by atoms with Crippen LogP contribution in [-0.2, 0) is 20.9 Å². The zero-order valence-corrected chi connectivity index (χ0v) is 26.8. The van der Waals surface area contributed by atoms with Gasteiger partial charge in [0.2, 0.25) is 0 Å². The zero-order valence-electron chi connectivity index (χ0n) is 25.2. The number of carbonyl (C=O) groups excluding carboxylic acids is 2. The number of hydrogen-bond acceptors (Lipinski definition) is 6. The summed E-state index contributed by atoms with van der Waals surface area (Å²) in [6.45, 7) is 9.57. The fourth-order valence-electron chi connectivity index (χ4n) is 6.65. The van der Waals surface area contributed by atoms with Gasteiger partial charge in [0.25, 0.3) is 0 Å². The van der Waals surface area contributed by atoms with Crippen LogP contribution in [0.3, 0.4) is 0 Å². The molecular weight excluding hydrogens is 601 g/mol. The first-order valence-corrected chi connectivity index (χ1v) is 15.2. The van der Waals surface area contributed by atoms with Gasteiger partial charge >= 0.3 is 0 Å². The largest absolute Gasteiger partial charge is 0.493 e. The molecule has 2 aromatic carbocycles. The van der Waals surface area contributed by atoms with E-state index in [-0.39, 0.29) is 34.8 Å². The van der Waals surface area contributed by atoms with E-state index >= 15 is 0 Å². The molecule has 0 aromatic heterocycles. The van der Waals surface area contributed by atoms with Crippen molar-refractivity contribution in [1.29, 1.82) is 0 Å². The summed E-state index contributed by atoms with van der Waals surface area (Å²) in [6, 6.07) is 10.2. The second-order valence-corrected chi connectivity index (χ2v) is 13.9. The average Bonchev–Trinajstić information content (AvgIpc) is 2.90. The zero-order chi connectivity index (χ0) is 30.4. The lowest BCUT2D eigenvalue weighted by Crippen LogP contribution is -2.45. The average molecular weight is 641 g/mol. The highest BCUT2D eigenvalue weighted by atomic mass is 79.9. The second kappa shape index (κ2) is 11.6.